The summed E-state index contributed by atoms with van der Waals surface area (Å²) in [6, 6.07) is 4.99. The van der Waals surface area contributed by atoms with Crippen molar-refractivity contribution < 1.29 is 9.36 Å². The first kappa shape index (κ1) is 9.26. The first-order chi connectivity index (χ1) is 7.27. The van der Waals surface area contributed by atoms with Crippen molar-refractivity contribution >= 4 is 5.91 Å². The summed E-state index contributed by atoms with van der Waals surface area (Å²) < 4.78 is 1.70. The van der Waals surface area contributed by atoms with Gasteiger partial charge in [-0.1, -0.05) is 9.97 Å². The van der Waals surface area contributed by atoms with E-state index in [0.29, 0.717) is 11.5 Å². The number of hydrogen-bond donors (Lipinski definition) is 1. The summed E-state index contributed by atoms with van der Waals surface area (Å²) in [5.41, 5.74) is 5.58. The number of pyridine rings is 1. The minimum absolute atomic E-state index is 0.448. The summed E-state index contributed by atoms with van der Waals surface area (Å²) in [6.07, 6.45) is 6.68. The molecule has 0 unspecified atom stereocenters. The number of amides is 1. The van der Waals surface area contributed by atoms with Gasteiger partial charge in [0.15, 0.2) is 0 Å². The zero-order valence-electron chi connectivity index (χ0n) is 7.87. The van der Waals surface area contributed by atoms with E-state index in [1.807, 2.05) is 0 Å². The van der Waals surface area contributed by atoms with Gasteiger partial charge in [0.05, 0.1) is 12.4 Å². The second-order valence-electron chi connectivity index (χ2n) is 2.91. The molecule has 5 heteroatoms. The van der Waals surface area contributed by atoms with Gasteiger partial charge in [-0.3, -0.25) is 4.79 Å². The lowest BCUT2D eigenvalue weighted by Crippen LogP contribution is -2.32. The fraction of sp³-hybridized carbons (Fsp3) is 0. The zero-order chi connectivity index (χ0) is 10.7. The molecule has 5 nitrogen and oxygen atoms in total. The lowest BCUT2D eigenvalue weighted by molar-refractivity contribution is -0.603. The van der Waals surface area contributed by atoms with Crippen molar-refractivity contribution in [1.29, 1.82) is 0 Å². The van der Waals surface area contributed by atoms with Gasteiger partial charge in [-0.2, -0.15) is 0 Å². The van der Waals surface area contributed by atoms with Crippen LogP contribution in [0.3, 0.4) is 0 Å². The van der Waals surface area contributed by atoms with Crippen LogP contribution in [-0.4, -0.2) is 15.9 Å². The maximum Gasteiger partial charge on any atom is 0.437 e. The summed E-state index contributed by atoms with van der Waals surface area (Å²) in [5.74, 6) is 0.102. The summed E-state index contributed by atoms with van der Waals surface area (Å²) in [6.45, 7) is 0. The number of primary amides is 1. The quantitative estimate of drug-likeness (QED) is 0.687. The molecule has 1 amide bonds. The minimum Gasteiger partial charge on any atom is -0.366 e. The van der Waals surface area contributed by atoms with E-state index < -0.39 is 5.91 Å². The number of carbonyl (C=O) groups is 1. The highest BCUT2D eigenvalue weighted by molar-refractivity contribution is 5.92. The predicted molar refractivity (Wildman–Crippen MR) is 52.1 cm³/mol. The van der Waals surface area contributed by atoms with Crippen LogP contribution in [0.2, 0.25) is 0 Å². The van der Waals surface area contributed by atoms with Crippen LogP contribution < -0.4 is 10.3 Å². The van der Waals surface area contributed by atoms with Crippen LogP contribution in [0, 0.1) is 0 Å². The van der Waals surface area contributed by atoms with Gasteiger partial charge in [-0.15, -0.1) is 0 Å². The number of hydrogen-bond acceptors (Lipinski definition) is 3. The highest BCUT2D eigenvalue weighted by atomic mass is 16.1. The molecule has 0 bridgehead atoms. The smallest absolute Gasteiger partial charge is 0.366 e. The molecule has 2 aromatic heterocycles. The molecule has 0 aliphatic carbocycles. The van der Waals surface area contributed by atoms with Gasteiger partial charge in [0.2, 0.25) is 5.91 Å². The Balaban J connectivity index is 2.36. The average molecular weight is 201 g/mol. The molecule has 0 atom stereocenters. The molecular formula is C10H9N4O+. The number of carbonyl (C=O) groups excluding carboxylic acids is 1. The maximum atomic E-state index is 10.8. The summed E-state index contributed by atoms with van der Waals surface area (Å²) >= 11 is 0. The van der Waals surface area contributed by atoms with Crippen LogP contribution in [-0.2, 0) is 0 Å². The molecule has 0 aliphatic rings. The number of nitrogens with zero attached hydrogens (tertiary/aromatic N) is 3. The second-order valence-corrected chi connectivity index (χ2v) is 2.91. The molecule has 2 rings (SSSR count). The molecule has 0 fully saturated rings. The van der Waals surface area contributed by atoms with Crippen molar-refractivity contribution in [2.75, 3.05) is 0 Å². The molecule has 2 heterocycles. The Kier molecular flexibility index (Phi) is 2.37. The maximum absolute atomic E-state index is 10.8. The molecule has 15 heavy (non-hydrogen) atoms. The lowest BCUT2D eigenvalue weighted by Gasteiger charge is -1.96. The average Bonchev–Trinajstić information content (AvgIpc) is 2.30. The Morgan fingerprint density at radius 1 is 1.20 bits per heavy atom. The Labute approximate surface area is 86.2 Å². The van der Waals surface area contributed by atoms with Gasteiger partial charge >= 0.3 is 5.95 Å². The molecule has 0 aromatic carbocycles. The van der Waals surface area contributed by atoms with Gasteiger partial charge < -0.3 is 5.73 Å². The van der Waals surface area contributed by atoms with Gasteiger partial charge in [0, 0.05) is 11.6 Å². The molecule has 0 saturated heterocycles. The van der Waals surface area contributed by atoms with Gasteiger partial charge in [-0.25, -0.2) is 4.57 Å². The topological polar surface area (TPSA) is 72.8 Å². The van der Waals surface area contributed by atoms with E-state index in [4.69, 9.17) is 5.73 Å². The fourth-order valence-corrected chi connectivity index (χ4v) is 1.15. The van der Waals surface area contributed by atoms with Gasteiger partial charge in [0.25, 0.3) is 0 Å². The van der Waals surface area contributed by atoms with Crippen LogP contribution in [0.5, 0.6) is 0 Å². The van der Waals surface area contributed by atoms with Crippen molar-refractivity contribution in [1.82, 2.24) is 9.97 Å². The SMILES string of the molecule is NC(=O)c1cc[n+](-c2ncccn2)cc1. The summed E-state index contributed by atoms with van der Waals surface area (Å²) in [5, 5.41) is 0. The van der Waals surface area contributed by atoms with E-state index in [-0.39, 0.29) is 0 Å². The largest absolute Gasteiger partial charge is 0.437 e. The van der Waals surface area contributed by atoms with Crippen molar-refractivity contribution in [3.05, 3.63) is 48.5 Å². The molecule has 2 N–H and O–H groups in total. The molecule has 74 valence electrons. The van der Waals surface area contributed by atoms with Crippen molar-refractivity contribution in [3.8, 4) is 5.95 Å². The van der Waals surface area contributed by atoms with E-state index in [2.05, 4.69) is 9.97 Å². The van der Waals surface area contributed by atoms with Crippen LogP contribution in [0.4, 0.5) is 0 Å². The van der Waals surface area contributed by atoms with E-state index >= 15 is 0 Å². The molecule has 0 aliphatic heterocycles. The normalized spacial score (nSPS) is 9.87. The Bertz CT molecular complexity index is 467. The minimum atomic E-state index is -0.448. The van der Waals surface area contributed by atoms with Gasteiger partial charge in [0.1, 0.15) is 12.4 Å². The molecule has 0 saturated carbocycles. The highest BCUT2D eigenvalue weighted by Crippen LogP contribution is 1.94. The van der Waals surface area contributed by atoms with Gasteiger partial charge in [-0.05, 0) is 12.1 Å². The monoisotopic (exact) mass is 201 g/mol. The molecule has 0 spiro atoms. The molecule has 0 radical (unpaired) electrons. The predicted octanol–water partition coefficient (Wildman–Crippen LogP) is -0.148. The van der Waals surface area contributed by atoms with Crippen molar-refractivity contribution in [3.63, 3.8) is 0 Å². The third kappa shape index (κ3) is 1.96. The summed E-state index contributed by atoms with van der Waals surface area (Å²) in [7, 11) is 0. The van der Waals surface area contributed by atoms with E-state index in [1.54, 1.807) is 47.6 Å². The van der Waals surface area contributed by atoms with Crippen LogP contribution in [0.1, 0.15) is 10.4 Å². The van der Waals surface area contributed by atoms with E-state index in [9.17, 15) is 4.79 Å². The Morgan fingerprint density at radius 2 is 1.80 bits per heavy atom. The zero-order valence-corrected chi connectivity index (χ0v) is 7.87. The first-order valence-corrected chi connectivity index (χ1v) is 4.36. The summed E-state index contributed by atoms with van der Waals surface area (Å²) in [4.78, 5) is 18.9. The third-order valence-corrected chi connectivity index (χ3v) is 1.90. The second kappa shape index (κ2) is 3.83. The number of rotatable bonds is 2. The van der Waals surface area contributed by atoms with E-state index in [1.165, 1.54) is 0 Å². The molecule has 2 aromatic rings. The number of nitrogens with two attached hydrogens (primary N) is 1. The van der Waals surface area contributed by atoms with Crippen molar-refractivity contribution in [2.45, 2.75) is 0 Å². The third-order valence-electron chi connectivity index (χ3n) is 1.90. The van der Waals surface area contributed by atoms with Crippen LogP contribution in [0.25, 0.3) is 5.95 Å². The van der Waals surface area contributed by atoms with Crippen LogP contribution >= 0.6 is 0 Å². The van der Waals surface area contributed by atoms with Crippen LogP contribution in [0.15, 0.2) is 43.0 Å². The highest BCUT2D eigenvalue weighted by Gasteiger charge is 2.07. The Morgan fingerprint density at radius 3 is 2.33 bits per heavy atom. The standard InChI is InChI=1S/C10H8N4O/c11-9(15)8-2-6-14(7-3-8)10-12-4-1-5-13-10/h1-7H,(H-,11,15)/p+1. The lowest BCUT2D eigenvalue weighted by atomic mass is 10.2. The fourth-order valence-electron chi connectivity index (χ4n) is 1.15. The number of aromatic nitrogens is 3. The first-order valence-electron chi connectivity index (χ1n) is 4.36. The van der Waals surface area contributed by atoms with E-state index in [0.717, 1.165) is 0 Å². The Hall–Kier alpha value is -2.30. The van der Waals surface area contributed by atoms with Crippen molar-refractivity contribution in [2.24, 2.45) is 5.73 Å². The molecular weight excluding hydrogens is 192 g/mol.